The highest BCUT2D eigenvalue weighted by molar-refractivity contribution is 6.52. The van der Waals surface area contributed by atoms with Gasteiger partial charge in [0.15, 0.2) is 0 Å². The molecule has 2 atom stereocenters. The van der Waals surface area contributed by atoms with Crippen LogP contribution in [0.2, 0.25) is 12.6 Å². The number of fused-ring (bicyclic) bond motifs is 2. The number of allylic oxidation sites excluding steroid dienone is 2. The van der Waals surface area contributed by atoms with Crippen LogP contribution in [0.3, 0.4) is 0 Å². The van der Waals surface area contributed by atoms with E-state index in [0.29, 0.717) is 6.92 Å². The van der Waals surface area contributed by atoms with Crippen molar-refractivity contribution in [2.24, 2.45) is 11.8 Å². The van der Waals surface area contributed by atoms with Crippen LogP contribution in [0.25, 0.3) is 0 Å². The van der Waals surface area contributed by atoms with Gasteiger partial charge in [0.05, 0.1) is 0 Å². The first-order valence-corrected chi connectivity index (χ1v) is 6.16. The highest BCUT2D eigenvalue weighted by Crippen LogP contribution is 2.37. The van der Waals surface area contributed by atoms with Crippen LogP contribution in [0.5, 0.6) is 0 Å². The summed E-state index contributed by atoms with van der Waals surface area (Å²) in [5.41, 5.74) is 0. The van der Waals surface area contributed by atoms with Crippen LogP contribution in [0.15, 0.2) is 12.2 Å². The predicted octanol–water partition coefficient (Wildman–Crippen LogP) is 3.39. The molecular formula is C12H21BO. The van der Waals surface area contributed by atoms with Crippen LogP contribution in [0, 0.1) is 11.8 Å². The van der Waals surface area contributed by atoms with Gasteiger partial charge in [-0.2, -0.15) is 0 Å². The van der Waals surface area contributed by atoms with Crippen molar-refractivity contribution in [1.82, 2.24) is 0 Å². The zero-order valence-corrected chi connectivity index (χ0v) is 9.24. The van der Waals surface area contributed by atoms with Gasteiger partial charge in [0.25, 0.3) is 6.92 Å². The van der Waals surface area contributed by atoms with Crippen LogP contribution in [0.4, 0.5) is 0 Å². The summed E-state index contributed by atoms with van der Waals surface area (Å²) in [6, 6.07) is 0. The maximum absolute atomic E-state index is 5.93. The molecule has 2 heteroatoms. The Morgan fingerprint density at radius 3 is 3.14 bits per heavy atom. The first-order chi connectivity index (χ1) is 6.88. The topological polar surface area (TPSA) is 9.23 Å². The van der Waals surface area contributed by atoms with Crippen molar-refractivity contribution in [3.8, 4) is 0 Å². The Bertz CT molecular complexity index is 202. The Labute approximate surface area is 88.0 Å². The second-order valence-electron chi connectivity index (χ2n) is 4.84. The molecule has 0 spiro atoms. The van der Waals surface area contributed by atoms with Gasteiger partial charge >= 0.3 is 0 Å². The summed E-state index contributed by atoms with van der Waals surface area (Å²) >= 11 is 0. The summed E-state index contributed by atoms with van der Waals surface area (Å²) in [6.07, 6.45) is 12.6. The molecule has 1 fully saturated rings. The molecule has 78 valence electrons. The molecule has 0 aromatic heterocycles. The minimum Gasteiger partial charge on any atom is -0.436 e. The molecule has 2 bridgehead atoms. The molecule has 2 aliphatic rings. The van der Waals surface area contributed by atoms with Gasteiger partial charge < -0.3 is 4.65 Å². The molecule has 1 heterocycles. The zero-order valence-electron chi connectivity index (χ0n) is 9.24. The predicted molar refractivity (Wildman–Crippen MR) is 61.6 cm³/mol. The van der Waals surface area contributed by atoms with Crippen LogP contribution in [-0.4, -0.2) is 13.5 Å². The van der Waals surface area contributed by atoms with Gasteiger partial charge in [0, 0.05) is 6.61 Å². The summed E-state index contributed by atoms with van der Waals surface area (Å²) in [5.74, 6) is 1.75. The third-order valence-electron chi connectivity index (χ3n) is 3.53. The average molecular weight is 192 g/mol. The Kier molecular flexibility index (Phi) is 3.69. The second kappa shape index (κ2) is 5.02. The van der Waals surface area contributed by atoms with Gasteiger partial charge in [-0.05, 0) is 43.7 Å². The van der Waals surface area contributed by atoms with Crippen LogP contribution in [-0.2, 0) is 4.65 Å². The maximum atomic E-state index is 5.93. The highest BCUT2D eigenvalue weighted by atomic mass is 16.4. The second-order valence-corrected chi connectivity index (χ2v) is 4.84. The molecule has 2 rings (SSSR count). The molecule has 0 N–H and O–H groups in total. The van der Waals surface area contributed by atoms with Crippen molar-refractivity contribution in [1.29, 1.82) is 0 Å². The fraction of sp³-hybridized carbons (Fsp3) is 0.833. The Morgan fingerprint density at radius 2 is 2.36 bits per heavy atom. The molecular weight excluding hydrogens is 171 g/mol. The van der Waals surface area contributed by atoms with E-state index in [1.165, 1.54) is 38.3 Å². The van der Waals surface area contributed by atoms with Crippen LogP contribution < -0.4 is 0 Å². The summed E-state index contributed by atoms with van der Waals surface area (Å²) < 4.78 is 5.93. The average Bonchev–Trinajstić information content (AvgIpc) is 2.18. The molecule has 1 aliphatic carbocycles. The SMILES string of the molecule is CCCCOB1CC2C=CCC(C1)C2. The number of unbranched alkanes of at least 4 members (excludes halogenated alkanes) is 1. The van der Waals surface area contributed by atoms with E-state index in [9.17, 15) is 0 Å². The van der Waals surface area contributed by atoms with Gasteiger partial charge in [-0.15, -0.1) is 0 Å². The Hall–Kier alpha value is -0.235. The van der Waals surface area contributed by atoms with Crippen molar-refractivity contribution in [3.63, 3.8) is 0 Å². The van der Waals surface area contributed by atoms with E-state index in [-0.39, 0.29) is 0 Å². The fourth-order valence-corrected chi connectivity index (χ4v) is 2.77. The van der Waals surface area contributed by atoms with Gasteiger partial charge in [-0.25, -0.2) is 0 Å². The lowest BCUT2D eigenvalue weighted by Crippen LogP contribution is -2.32. The lowest BCUT2D eigenvalue weighted by atomic mass is 9.48. The molecule has 0 radical (unpaired) electrons. The smallest absolute Gasteiger partial charge is 0.293 e. The van der Waals surface area contributed by atoms with Crippen molar-refractivity contribution >= 4 is 6.92 Å². The zero-order chi connectivity index (χ0) is 9.80. The van der Waals surface area contributed by atoms with Crippen molar-refractivity contribution < 1.29 is 4.65 Å². The van der Waals surface area contributed by atoms with E-state index in [2.05, 4.69) is 19.1 Å². The van der Waals surface area contributed by atoms with E-state index in [1.807, 2.05) is 0 Å². The summed E-state index contributed by atoms with van der Waals surface area (Å²) in [4.78, 5) is 0. The first kappa shape index (κ1) is 10.3. The number of hydrogen-bond acceptors (Lipinski definition) is 1. The molecule has 0 saturated carbocycles. The van der Waals surface area contributed by atoms with Crippen LogP contribution in [0.1, 0.15) is 32.6 Å². The van der Waals surface area contributed by atoms with E-state index in [1.54, 1.807) is 0 Å². The normalized spacial score (nSPS) is 30.8. The molecule has 0 aromatic carbocycles. The minimum atomic E-state index is 0.565. The molecule has 0 amide bonds. The molecule has 0 aromatic rings. The van der Waals surface area contributed by atoms with Crippen molar-refractivity contribution in [3.05, 3.63) is 12.2 Å². The monoisotopic (exact) mass is 192 g/mol. The molecule has 2 unspecified atom stereocenters. The van der Waals surface area contributed by atoms with Crippen molar-refractivity contribution in [2.75, 3.05) is 6.61 Å². The maximum Gasteiger partial charge on any atom is 0.293 e. The van der Waals surface area contributed by atoms with Crippen LogP contribution >= 0.6 is 0 Å². The molecule has 14 heavy (non-hydrogen) atoms. The fourth-order valence-electron chi connectivity index (χ4n) is 2.77. The minimum absolute atomic E-state index is 0.565. The lowest BCUT2D eigenvalue weighted by molar-refractivity contribution is 0.281. The van der Waals surface area contributed by atoms with Gasteiger partial charge in [-0.1, -0.05) is 25.5 Å². The van der Waals surface area contributed by atoms with Gasteiger partial charge in [0.1, 0.15) is 0 Å². The quantitative estimate of drug-likeness (QED) is 0.377. The molecule has 1 nitrogen and oxygen atoms in total. The molecule has 1 aliphatic heterocycles. The lowest BCUT2D eigenvalue weighted by Gasteiger charge is -2.33. The largest absolute Gasteiger partial charge is 0.436 e. The van der Waals surface area contributed by atoms with Gasteiger partial charge in [-0.3, -0.25) is 0 Å². The highest BCUT2D eigenvalue weighted by Gasteiger charge is 2.32. The Balaban J connectivity index is 1.76. The van der Waals surface area contributed by atoms with Gasteiger partial charge in [0.2, 0.25) is 0 Å². The van der Waals surface area contributed by atoms with Crippen molar-refractivity contribution in [2.45, 2.75) is 45.2 Å². The summed E-state index contributed by atoms with van der Waals surface area (Å²) in [6.45, 7) is 3.77. The molecule has 1 saturated heterocycles. The first-order valence-electron chi connectivity index (χ1n) is 6.16. The van der Waals surface area contributed by atoms with E-state index < -0.39 is 0 Å². The standard InChI is InChI=1S/C12H21BO/c1-2-3-7-14-13-9-11-5-4-6-12(8-11)10-13/h4-5,11-12H,2-3,6-10H2,1H3. The van der Waals surface area contributed by atoms with E-state index in [4.69, 9.17) is 4.65 Å². The van der Waals surface area contributed by atoms with E-state index >= 15 is 0 Å². The third kappa shape index (κ3) is 2.63. The number of hydrogen-bond donors (Lipinski definition) is 0. The third-order valence-corrected chi connectivity index (χ3v) is 3.53. The summed E-state index contributed by atoms with van der Waals surface area (Å²) in [5, 5.41) is 0. The summed E-state index contributed by atoms with van der Waals surface area (Å²) in [7, 11) is 0. The van der Waals surface area contributed by atoms with E-state index in [0.717, 1.165) is 18.4 Å². The number of rotatable bonds is 4. The Morgan fingerprint density at radius 1 is 1.43 bits per heavy atom.